The number of hydrogen-bond donors (Lipinski definition) is 1. The van der Waals surface area contributed by atoms with E-state index in [2.05, 4.69) is 9.98 Å². The molecule has 0 spiro atoms. The van der Waals surface area contributed by atoms with Crippen molar-refractivity contribution in [3.63, 3.8) is 0 Å². The second-order valence-electron chi connectivity index (χ2n) is 4.03. The molecule has 2 aliphatic rings. The van der Waals surface area contributed by atoms with Crippen molar-refractivity contribution in [1.82, 2.24) is 0 Å². The van der Waals surface area contributed by atoms with Gasteiger partial charge in [0.1, 0.15) is 12.1 Å². The second kappa shape index (κ2) is 4.11. The van der Waals surface area contributed by atoms with Crippen LogP contribution in [0.15, 0.2) is 64.6 Å². The van der Waals surface area contributed by atoms with E-state index in [1.54, 1.807) is 0 Å². The monoisotopic (exact) mass is 224 g/mol. The molecule has 1 aromatic rings. The zero-order valence-electron chi connectivity index (χ0n) is 9.19. The standard InChI is InChI=1S/C14H12N2O/c17-13(10-6-2-1-3-7-10)14-15-11-8-4-5-9-12(11)16-14/h1-9,11,13,17H. The Kier molecular flexibility index (Phi) is 2.46. The van der Waals surface area contributed by atoms with E-state index in [4.69, 9.17) is 0 Å². The van der Waals surface area contributed by atoms with Crippen molar-refractivity contribution in [2.24, 2.45) is 9.98 Å². The van der Waals surface area contributed by atoms with Gasteiger partial charge in [0.05, 0.1) is 5.71 Å². The van der Waals surface area contributed by atoms with Crippen LogP contribution in [-0.2, 0) is 0 Å². The predicted molar refractivity (Wildman–Crippen MR) is 68.3 cm³/mol. The minimum absolute atomic E-state index is 0.0200. The largest absolute Gasteiger partial charge is 0.380 e. The number of benzene rings is 1. The van der Waals surface area contributed by atoms with Gasteiger partial charge in [-0.25, -0.2) is 4.99 Å². The Hall–Kier alpha value is -2.00. The third-order valence-electron chi connectivity index (χ3n) is 2.85. The average Bonchev–Trinajstić information content (AvgIpc) is 2.82. The van der Waals surface area contributed by atoms with E-state index in [9.17, 15) is 5.11 Å². The van der Waals surface area contributed by atoms with Crippen LogP contribution in [-0.4, -0.2) is 22.7 Å². The number of allylic oxidation sites excluding steroid dienone is 2. The number of amidine groups is 1. The van der Waals surface area contributed by atoms with Crippen molar-refractivity contribution in [3.8, 4) is 0 Å². The molecule has 2 unspecified atom stereocenters. The molecule has 3 rings (SSSR count). The lowest BCUT2D eigenvalue weighted by molar-refractivity contribution is 0.246. The lowest BCUT2D eigenvalue weighted by Crippen LogP contribution is -2.11. The SMILES string of the molecule is OC(C1=NC2C=CC=CC2=N1)c1ccccc1. The highest BCUT2D eigenvalue weighted by Gasteiger charge is 2.24. The van der Waals surface area contributed by atoms with Crippen LogP contribution < -0.4 is 0 Å². The fraction of sp³-hybridized carbons (Fsp3) is 0.143. The highest BCUT2D eigenvalue weighted by molar-refractivity contribution is 6.14. The zero-order chi connectivity index (χ0) is 11.7. The van der Waals surface area contributed by atoms with Gasteiger partial charge in [-0.05, 0) is 11.6 Å². The maximum absolute atomic E-state index is 10.2. The molecule has 0 aromatic heterocycles. The fourth-order valence-electron chi connectivity index (χ4n) is 1.95. The van der Waals surface area contributed by atoms with E-state index >= 15 is 0 Å². The summed E-state index contributed by atoms with van der Waals surface area (Å²) in [5, 5.41) is 10.2. The van der Waals surface area contributed by atoms with Gasteiger partial charge in [-0.3, -0.25) is 4.99 Å². The summed E-state index contributed by atoms with van der Waals surface area (Å²) in [5.74, 6) is 0.493. The van der Waals surface area contributed by atoms with Crippen LogP contribution >= 0.6 is 0 Å². The van der Waals surface area contributed by atoms with Gasteiger partial charge in [0, 0.05) is 0 Å². The zero-order valence-corrected chi connectivity index (χ0v) is 9.19. The van der Waals surface area contributed by atoms with E-state index < -0.39 is 6.10 Å². The van der Waals surface area contributed by atoms with E-state index in [-0.39, 0.29) is 6.04 Å². The van der Waals surface area contributed by atoms with Gasteiger partial charge in [-0.15, -0.1) is 0 Å². The van der Waals surface area contributed by atoms with E-state index in [0.29, 0.717) is 5.84 Å². The Morgan fingerprint density at radius 1 is 1.12 bits per heavy atom. The lowest BCUT2D eigenvalue weighted by Gasteiger charge is -2.08. The number of aliphatic hydroxyl groups excluding tert-OH is 1. The summed E-state index contributed by atoms with van der Waals surface area (Å²) < 4.78 is 0. The predicted octanol–water partition coefficient (Wildman–Crippen LogP) is 2.07. The van der Waals surface area contributed by atoms with Gasteiger partial charge in [0.2, 0.25) is 0 Å². The van der Waals surface area contributed by atoms with Crippen molar-refractivity contribution in [3.05, 3.63) is 60.2 Å². The van der Waals surface area contributed by atoms with Crippen LogP contribution in [0.3, 0.4) is 0 Å². The minimum Gasteiger partial charge on any atom is -0.380 e. The van der Waals surface area contributed by atoms with Gasteiger partial charge in [-0.1, -0.05) is 48.6 Å². The molecule has 17 heavy (non-hydrogen) atoms. The number of aliphatic imine (C=N–C) groups is 2. The fourth-order valence-corrected chi connectivity index (χ4v) is 1.95. The first-order valence-corrected chi connectivity index (χ1v) is 5.59. The number of hydrogen-bond acceptors (Lipinski definition) is 3. The Labute approximate surface area is 99.5 Å². The van der Waals surface area contributed by atoms with Gasteiger partial charge in [0.15, 0.2) is 5.84 Å². The molecular formula is C14H12N2O. The molecule has 0 radical (unpaired) electrons. The second-order valence-corrected chi connectivity index (χ2v) is 4.03. The Morgan fingerprint density at radius 3 is 2.71 bits per heavy atom. The van der Waals surface area contributed by atoms with Crippen molar-refractivity contribution in [1.29, 1.82) is 0 Å². The highest BCUT2D eigenvalue weighted by atomic mass is 16.3. The first-order chi connectivity index (χ1) is 8.34. The third kappa shape index (κ3) is 1.85. The van der Waals surface area contributed by atoms with Gasteiger partial charge >= 0.3 is 0 Å². The Balaban J connectivity index is 1.90. The smallest absolute Gasteiger partial charge is 0.158 e. The molecule has 84 valence electrons. The number of nitrogens with zero attached hydrogens (tertiary/aromatic N) is 2. The van der Waals surface area contributed by atoms with E-state index in [1.165, 1.54) is 0 Å². The molecule has 1 aliphatic carbocycles. The molecule has 0 amide bonds. The van der Waals surface area contributed by atoms with Crippen molar-refractivity contribution < 1.29 is 5.11 Å². The molecule has 1 N–H and O–H groups in total. The van der Waals surface area contributed by atoms with Gasteiger partial charge < -0.3 is 5.11 Å². The van der Waals surface area contributed by atoms with Crippen molar-refractivity contribution in [2.45, 2.75) is 12.1 Å². The van der Waals surface area contributed by atoms with Crippen molar-refractivity contribution >= 4 is 11.5 Å². The van der Waals surface area contributed by atoms with Crippen LogP contribution in [0.1, 0.15) is 11.7 Å². The number of rotatable bonds is 2. The average molecular weight is 224 g/mol. The van der Waals surface area contributed by atoms with Crippen molar-refractivity contribution in [2.75, 3.05) is 0 Å². The first-order valence-electron chi connectivity index (χ1n) is 5.59. The van der Waals surface area contributed by atoms with Crippen LogP contribution in [0.2, 0.25) is 0 Å². The molecule has 1 heterocycles. The molecule has 1 aliphatic heterocycles. The number of fused-ring (bicyclic) bond motifs is 1. The molecule has 0 bridgehead atoms. The minimum atomic E-state index is -0.740. The maximum Gasteiger partial charge on any atom is 0.158 e. The van der Waals surface area contributed by atoms with Crippen LogP contribution in [0.5, 0.6) is 0 Å². The maximum atomic E-state index is 10.2. The Bertz CT molecular complexity index is 541. The lowest BCUT2D eigenvalue weighted by atomic mass is 10.1. The van der Waals surface area contributed by atoms with Crippen LogP contribution in [0, 0.1) is 0 Å². The first kappa shape index (κ1) is 10.2. The Morgan fingerprint density at radius 2 is 1.94 bits per heavy atom. The molecule has 3 nitrogen and oxygen atoms in total. The summed E-state index contributed by atoms with van der Waals surface area (Å²) in [6.45, 7) is 0. The van der Waals surface area contributed by atoms with Crippen LogP contribution in [0.4, 0.5) is 0 Å². The topological polar surface area (TPSA) is 45.0 Å². The summed E-state index contributed by atoms with van der Waals surface area (Å²) >= 11 is 0. The molecule has 0 saturated carbocycles. The summed E-state index contributed by atoms with van der Waals surface area (Å²) in [4.78, 5) is 8.78. The summed E-state index contributed by atoms with van der Waals surface area (Å²) in [6.07, 6.45) is 7.05. The van der Waals surface area contributed by atoms with E-state index in [1.807, 2.05) is 54.6 Å². The molecule has 0 saturated heterocycles. The summed E-state index contributed by atoms with van der Waals surface area (Å²) in [6, 6.07) is 9.45. The van der Waals surface area contributed by atoms with E-state index in [0.717, 1.165) is 11.3 Å². The molecular weight excluding hydrogens is 212 g/mol. The van der Waals surface area contributed by atoms with Gasteiger partial charge in [-0.2, -0.15) is 0 Å². The van der Waals surface area contributed by atoms with Gasteiger partial charge in [0.25, 0.3) is 0 Å². The molecule has 0 fully saturated rings. The van der Waals surface area contributed by atoms with Crippen LogP contribution in [0.25, 0.3) is 0 Å². The normalized spacial score (nSPS) is 23.0. The molecule has 1 aromatic carbocycles. The third-order valence-corrected chi connectivity index (χ3v) is 2.85. The molecule has 3 heteroatoms. The summed E-state index contributed by atoms with van der Waals surface area (Å²) in [5.41, 5.74) is 1.72. The molecule has 2 atom stereocenters. The number of aliphatic hydroxyl groups is 1. The highest BCUT2D eigenvalue weighted by Crippen LogP contribution is 2.21. The quantitative estimate of drug-likeness (QED) is 0.821. The summed E-state index contributed by atoms with van der Waals surface area (Å²) in [7, 11) is 0.